The molecule has 3 amide bonds. The molecule has 0 heterocycles. The van der Waals surface area contributed by atoms with Crippen LogP contribution in [0.25, 0.3) is 0 Å². The summed E-state index contributed by atoms with van der Waals surface area (Å²) in [5.74, 6) is -1.56. The maximum atomic E-state index is 12.8. The lowest BCUT2D eigenvalue weighted by Crippen LogP contribution is -2.42. The number of nitrogens with zero attached hydrogens (tertiary/aromatic N) is 2. The minimum atomic E-state index is -0.526. The van der Waals surface area contributed by atoms with Crippen LogP contribution in [0.5, 0.6) is 0 Å². The van der Waals surface area contributed by atoms with Crippen molar-refractivity contribution in [2.45, 2.75) is 37.1 Å². The van der Waals surface area contributed by atoms with E-state index in [4.69, 9.17) is 5.73 Å². The van der Waals surface area contributed by atoms with Crippen molar-refractivity contribution in [1.29, 1.82) is 0 Å². The van der Waals surface area contributed by atoms with Gasteiger partial charge in [-0.05, 0) is 57.5 Å². The van der Waals surface area contributed by atoms with Crippen LogP contribution in [0.15, 0.2) is 24.3 Å². The van der Waals surface area contributed by atoms with Crippen molar-refractivity contribution in [2.75, 3.05) is 34.7 Å². The standard InChI is InChI=1S/C22H32N4O3/c1-25(2)13-22(9-10-22)16-7-5-14(6-8-16)20(28)24-18-12-15(21(29)26(3)4)11-17(18)19(23)27/h5-8,15,17-18H,9-13H2,1-4H3,(H2,23,27)(H,24,28). The number of nitrogens with one attached hydrogen (secondary N) is 1. The lowest BCUT2D eigenvalue weighted by Gasteiger charge is -2.21. The predicted molar refractivity (Wildman–Crippen MR) is 111 cm³/mol. The number of carbonyl (C=O) groups excluding carboxylic acids is 3. The Hall–Kier alpha value is -2.41. The molecule has 158 valence electrons. The molecule has 1 aromatic carbocycles. The largest absolute Gasteiger partial charge is 0.369 e. The van der Waals surface area contributed by atoms with Gasteiger partial charge in [0, 0.05) is 43.6 Å². The molecule has 0 saturated heterocycles. The first-order valence-electron chi connectivity index (χ1n) is 10.2. The van der Waals surface area contributed by atoms with Gasteiger partial charge in [-0.25, -0.2) is 0 Å². The van der Waals surface area contributed by atoms with Gasteiger partial charge in [0.15, 0.2) is 0 Å². The van der Waals surface area contributed by atoms with Crippen LogP contribution < -0.4 is 11.1 Å². The van der Waals surface area contributed by atoms with Crippen molar-refractivity contribution in [2.24, 2.45) is 17.6 Å². The smallest absolute Gasteiger partial charge is 0.251 e. The van der Waals surface area contributed by atoms with Crippen molar-refractivity contribution >= 4 is 17.7 Å². The van der Waals surface area contributed by atoms with Crippen molar-refractivity contribution in [3.63, 3.8) is 0 Å². The van der Waals surface area contributed by atoms with Crippen molar-refractivity contribution in [3.8, 4) is 0 Å². The van der Waals surface area contributed by atoms with Crippen LogP contribution in [0.1, 0.15) is 41.6 Å². The summed E-state index contributed by atoms with van der Waals surface area (Å²) in [6.07, 6.45) is 3.14. The van der Waals surface area contributed by atoms with E-state index in [0.717, 1.165) is 6.54 Å². The summed E-state index contributed by atoms with van der Waals surface area (Å²) in [6, 6.07) is 7.33. The quantitative estimate of drug-likeness (QED) is 0.713. The van der Waals surface area contributed by atoms with Crippen LogP contribution in [-0.2, 0) is 15.0 Å². The van der Waals surface area contributed by atoms with E-state index >= 15 is 0 Å². The van der Waals surface area contributed by atoms with Gasteiger partial charge >= 0.3 is 0 Å². The lowest BCUT2D eigenvalue weighted by atomic mass is 9.94. The Morgan fingerprint density at radius 1 is 1.07 bits per heavy atom. The third-order valence-corrected chi connectivity index (χ3v) is 6.27. The zero-order chi connectivity index (χ0) is 21.3. The zero-order valence-electron chi connectivity index (χ0n) is 17.8. The Morgan fingerprint density at radius 2 is 1.69 bits per heavy atom. The van der Waals surface area contributed by atoms with Crippen LogP contribution >= 0.6 is 0 Å². The zero-order valence-corrected chi connectivity index (χ0v) is 17.8. The molecular formula is C22H32N4O3. The molecular weight excluding hydrogens is 368 g/mol. The van der Waals surface area contributed by atoms with Gasteiger partial charge in [0.2, 0.25) is 11.8 Å². The van der Waals surface area contributed by atoms with E-state index in [9.17, 15) is 14.4 Å². The Balaban J connectivity index is 1.67. The van der Waals surface area contributed by atoms with E-state index in [-0.39, 0.29) is 23.1 Å². The number of carbonyl (C=O) groups is 3. The molecule has 2 saturated carbocycles. The van der Waals surface area contributed by atoms with Crippen molar-refractivity contribution in [1.82, 2.24) is 15.1 Å². The highest BCUT2D eigenvalue weighted by Gasteiger charge is 2.44. The average Bonchev–Trinajstić information content (AvgIpc) is 3.30. The van der Waals surface area contributed by atoms with E-state index in [1.54, 1.807) is 14.1 Å². The number of hydrogen-bond acceptors (Lipinski definition) is 4. The summed E-state index contributed by atoms with van der Waals surface area (Å²) < 4.78 is 0. The molecule has 7 nitrogen and oxygen atoms in total. The molecule has 0 radical (unpaired) electrons. The van der Waals surface area contributed by atoms with E-state index in [1.165, 1.54) is 23.3 Å². The fraction of sp³-hybridized carbons (Fsp3) is 0.591. The van der Waals surface area contributed by atoms with Gasteiger partial charge in [0.1, 0.15) is 0 Å². The number of hydrogen-bond donors (Lipinski definition) is 2. The van der Waals surface area contributed by atoms with E-state index in [2.05, 4.69) is 24.3 Å². The molecule has 3 N–H and O–H groups in total. The van der Waals surface area contributed by atoms with Gasteiger partial charge in [-0.2, -0.15) is 0 Å². The Morgan fingerprint density at radius 3 is 2.17 bits per heavy atom. The first kappa shape index (κ1) is 21.3. The van der Waals surface area contributed by atoms with Crippen LogP contribution in [0.3, 0.4) is 0 Å². The Labute approximate surface area is 172 Å². The Kier molecular flexibility index (Phi) is 5.98. The maximum absolute atomic E-state index is 12.8. The number of amides is 3. The molecule has 3 rings (SSSR count). The molecule has 3 atom stereocenters. The highest BCUT2D eigenvalue weighted by Crippen LogP contribution is 2.48. The molecule has 29 heavy (non-hydrogen) atoms. The molecule has 0 aromatic heterocycles. The minimum Gasteiger partial charge on any atom is -0.369 e. The van der Waals surface area contributed by atoms with Gasteiger partial charge in [0.05, 0.1) is 5.92 Å². The van der Waals surface area contributed by atoms with Gasteiger partial charge in [-0.3, -0.25) is 14.4 Å². The summed E-state index contributed by atoms with van der Waals surface area (Å²) in [4.78, 5) is 40.6. The third-order valence-electron chi connectivity index (χ3n) is 6.27. The second-order valence-corrected chi connectivity index (χ2v) is 9.09. The maximum Gasteiger partial charge on any atom is 0.251 e. The normalized spacial score (nSPS) is 24.9. The highest BCUT2D eigenvalue weighted by atomic mass is 16.2. The summed E-state index contributed by atoms with van der Waals surface area (Å²) in [5.41, 5.74) is 7.56. The Bertz CT molecular complexity index is 784. The predicted octanol–water partition coefficient (Wildman–Crippen LogP) is 0.978. The van der Waals surface area contributed by atoms with Crippen molar-refractivity contribution in [3.05, 3.63) is 35.4 Å². The molecule has 3 unspecified atom stereocenters. The van der Waals surface area contributed by atoms with Gasteiger partial charge in [0.25, 0.3) is 5.91 Å². The number of benzene rings is 1. The number of nitrogens with two attached hydrogens (primary N) is 1. The van der Waals surface area contributed by atoms with Crippen LogP contribution in [0.2, 0.25) is 0 Å². The first-order valence-corrected chi connectivity index (χ1v) is 10.2. The van der Waals surface area contributed by atoms with E-state index < -0.39 is 17.9 Å². The number of likely N-dealkylation sites (N-methyl/N-ethyl adjacent to an activating group) is 1. The summed E-state index contributed by atoms with van der Waals surface area (Å²) in [6.45, 7) is 1.00. The second-order valence-electron chi connectivity index (χ2n) is 9.09. The summed E-state index contributed by atoms with van der Waals surface area (Å²) >= 11 is 0. The minimum absolute atomic E-state index is 0.0343. The van der Waals surface area contributed by atoms with Gasteiger partial charge in [-0.1, -0.05) is 12.1 Å². The number of primary amides is 1. The molecule has 2 aliphatic carbocycles. The topological polar surface area (TPSA) is 95.7 Å². The van der Waals surface area contributed by atoms with E-state index in [1.807, 2.05) is 24.3 Å². The van der Waals surface area contributed by atoms with E-state index in [0.29, 0.717) is 18.4 Å². The SMILES string of the molecule is CN(C)CC1(c2ccc(C(=O)NC3CC(C(=O)N(C)C)CC3C(N)=O)cc2)CC1. The molecule has 2 fully saturated rings. The third kappa shape index (κ3) is 4.61. The second kappa shape index (κ2) is 8.14. The summed E-state index contributed by atoms with van der Waals surface area (Å²) in [7, 11) is 7.54. The average molecular weight is 401 g/mol. The number of rotatable bonds is 7. The van der Waals surface area contributed by atoms with Gasteiger partial charge < -0.3 is 20.9 Å². The van der Waals surface area contributed by atoms with Crippen LogP contribution in [0, 0.1) is 11.8 Å². The highest BCUT2D eigenvalue weighted by molar-refractivity contribution is 5.95. The molecule has 2 aliphatic rings. The summed E-state index contributed by atoms with van der Waals surface area (Å²) in [5, 5.41) is 2.94. The molecule has 1 aromatic rings. The molecule has 0 bridgehead atoms. The van der Waals surface area contributed by atoms with Gasteiger partial charge in [-0.15, -0.1) is 0 Å². The van der Waals surface area contributed by atoms with Crippen molar-refractivity contribution < 1.29 is 14.4 Å². The molecule has 0 spiro atoms. The molecule has 7 heteroatoms. The lowest BCUT2D eigenvalue weighted by molar-refractivity contribution is -0.132. The van der Waals surface area contributed by atoms with Crippen LogP contribution in [-0.4, -0.2) is 68.3 Å². The first-order chi connectivity index (χ1) is 13.6. The fourth-order valence-electron chi connectivity index (χ4n) is 4.60. The fourth-order valence-corrected chi connectivity index (χ4v) is 4.60. The molecule has 0 aliphatic heterocycles. The monoisotopic (exact) mass is 400 g/mol. The van der Waals surface area contributed by atoms with Crippen LogP contribution in [0.4, 0.5) is 0 Å².